The van der Waals surface area contributed by atoms with Crippen LogP contribution >= 0.6 is 11.8 Å². The second kappa shape index (κ2) is 7.98. The molecule has 1 aliphatic heterocycles. The topological polar surface area (TPSA) is 27.6 Å². The zero-order valence-electron chi connectivity index (χ0n) is 11.7. The molecule has 0 saturated carbocycles. The highest BCUT2D eigenvalue weighted by atomic mass is 32.2. The molecule has 1 aliphatic rings. The zero-order valence-corrected chi connectivity index (χ0v) is 12.5. The van der Waals surface area contributed by atoms with Crippen molar-refractivity contribution in [3.05, 3.63) is 0 Å². The third-order valence-electron chi connectivity index (χ3n) is 3.17. The van der Waals surface area contributed by atoms with Crippen LogP contribution in [0.15, 0.2) is 4.99 Å². The van der Waals surface area contributed by atoms with Crippen LogP contribution in [0, 0.1) is 0 Å². The maximum atomic E-state index is 4.56. The van der Waals surface area contributed by atoms with Crippen LogP contribution in [0.2, 0.25) is 0 Å². The molecule has 2 unspecified atom stereocenters. The van der Waals surface area contributed by atoms with Gasteiger partial charge in [0.25, 0.3) is 0 Å². The van der Waals surface area contributed by atoms with Gasteiger partial charge in [0.15, 0.2) is 5.17 Å². The maximum Gasteiger partial charge on any atom is 0.157 e. The largest absolute Gasteiger partial charge is 0.362 e. The molecule has 3 nitrogen and oxygen atoms in total. The van der Waals surface area contributed by atoms with Crippen LogP contribution in [-0.4, -0.2) is 47.5 Å². The van der Waals surface area contributed by atoms with Gasteiger partial charge in [0.2, 0.25) is 0 Å². The molecule has 0 aromatic rings. The van der Waals surface area contributed by atoms with Gasteiger partial charge < -0.3 is 10.2 Å². The minimum absolute atomic E-state index is 0.491. The van der Waals surface area contributed by atoms with Gasteiger partial charge in [-0.25, -0.2) is 0 Å². The summed E-state index contributed by atoms with van der Waals surface area (Å²) >= 11 is 1.86. The Balaban J connectivity index is 2.13. The lowest BCUT2D eigenvalue weighted by Crippen LogP contribution is -2.31. The molecular weight excluding hydrogens is 230 g/mol. The normalized spacial score (nSPS) is 21.7. The van der Waals surface area contributed by atoms with E-state index in [2.05, 4.69) is 42.9 Å². The van der Waals surface area contributed by atoms with Crippen molar-refractivity contribution < 1.29 is 0 Å². The number of amidine groups is 1. The van der Waals surface area contributed by atoms with Gasteiger partial charge >= 0.3 is 0 Å². The predicted octanol–water partition coefficient (Wildman–Crippen LogP) is 2.58. The van der Waals surface area contributed by atoms with Crippen LogP contribution in [0.1, 0.15) is 40.5 Å². The van der Waals surface area contributed by atoms with Crippen molar-refractivity contribution in [2.24, 2.45) is 4.99 Å². The number of nitrogens with one attached hydrogen (secondary N) is 1. The Morgan fingerprint density at radius 1 is 1.47 bits per heavy atom. The minimum atomic E-state index is 0.491. The average molecular weight is 257 g/mol. The van der Waals surface area contributed by atoms with E-state index in [-0.39, 0.29) is 0 Å². The van der Waals surface area contributed by atoms with E-state index in [9.17, 15) is 0 Å². The van der Waals surface area contributed by atoms with Crippen molar-refractivity contribution in [2.75, 3.05) is 25.4 Å². The van der Waals surface area contributed by atoms with Gasteiger partial charge in [0.1, 0.15) is 0 Å². The quantitative estimate of drug-likeness (QED) is 0.759. The number of aliphatic imine (C=N–C) groups is 1. The van der Waals surface area contributed by atoms with Gasteiger partial charge in [-0.15, -0.1) is 0 Å². The van der Waals surface area contributed by atoms with E-state index in [0.29, 0.717) is 12.1 Å². The van der Waals surface area contributed by atoms with Gasteiger partial charge in [0, 0.05) is 11.8 Å². The highest BCUT2D eigenvalue weighted by molar-refractivity contribution is 8.14. The molecule has 0 amide bonds. The highest BCUT2D eigenvalue weighted by Crippen LogP contribution is 2.16. The minimum Gasteiger partial charge on any atom is -0.362 e. The fourth-order valence-corrected chi connectivity index (χ4v) is 3.01. The Kier molecular flexibility index (Phi) is 6.97. The first kappa shape index (κ1) is 14.8. The molecule has 0 fully saturated rings. The van der Waals surface area contributed by atoms with Crippen molar-refractivity contribution in [1.82, 2.24) is 10.2 Å². The van der Waals surface area contributed by atoms with Gasteiger partial charge in [-0.3, -0.25) is 4.99 Å². The molecule has 0 saturated heterocycles. The molecule has 100 valence electrons. The molecule has 0 radical (unpaired) electrons. The van der Waals surface area contributed by atoms with Crippen LogP contribution < -0.4 is 5.32 Å². The number of hydrogen-bond donors (Lipinski definition) is 1. The molecule has 1 heterocycles. The summed E-state index contributed by atoms with van der Waals surface area (Å²) in [6.07, 6.45) is 2.49. The molecule has 1 rings (SSSR count). The first-order valence-electron chi connectivity index (χ1n) is 6.85. The SMILES string of the molecule is CCN(CC)CCCC(C)NC1=NC(C)CS1. The third kappa shape index (κ3) is 5.77. The van der Waals surface area contributed by atoms with Gasteiger partial charge in [0.05, 0.1) is 6.04 Å². The first-order chi connectivity index (χ1) is 8.15. The maximum absolute atomic E-state index is 4.56. The smallest absolute Gasteiger partial charge is 0.157 e. The van der Waals surface area contributed by atoms with Crippen molar-refractivity contribution in [2.45, 2.75) is 52.6 Å². The highest BCUT2D eigenvalue weighted by Gasteiger charge is 2.15. The Bertz CT molecular complexity index is 239. The molecule has 2 atom stereocenters. The van der Waals surface area contributed by atoms with E-state index in [4.69, 9.17) is 0 Å². The molecule has 0 aliphatic carbocycles. The molecule has 0 spiro atoms. The predicted molar refractivity (Wildman–Crippen MR) is 79.0 cm³/mol. The molecular formula is C13H27N3S. The molecule has 0 aromatic heterocycles. The molecule has 17 heavy (non-hydrogen) atoms. The second-order valence-corrected chi connectivity index (χ2v) is 5.82. The Morgan fingerprint density at radius 3 is 2.71 bits per heavy atom. The summed E-state index contributed by atoms with van der Waals surface area (Å²) in [6, 6.07) is 1.03. The van der Waals surface area contributed by atoms with Crippen LogP contribution in [-0.2, 0) is 0 Å². The zero-order chi connectivity index (χ0) is 12.7. The average Bonchev–Trinajstić information content (AvgIpc) is 2.70. The summed E-state index contributed by atoms with van der Waals surface area (Å²) in [6.45, 7) is 12.4. The summed E-state index contributed by atoms with van der Waals surface area (Å²) in [5, 5.41) is 4.66. The van der Waals surface area contributed by atoms with E-state index in [1.807, 2.05) is 11.8 Å². The van der Waals surface area contributed by atoms with Crippen LogP contribution in [0.25, 0.3) is 0 Å². The van der Waals surface area contributed by atoms with Crippen molar-refractivity contribution in [3.8, 4) is 0 Å². The van der Waals surface area contributed by atoms with Gasteiger partial charge in [-0.05, 0) is 46.3 Å². The Labute approximate surface area is 110 Å². The third-order valence-corrected chi connectivity index (χ3v) is 4.32. The number of thioether (sulfide) groups is 1. The van der Waals surface area contributed by atoms with Crippen molar-refractivity contribution >= 4 is 16.9 Å². The number of rotatable bonds is 7. The summed E-state index contributed by atoms with van der Waals surface area (Å²) in [4.78, 5) is 7.04. The lowest BCUT2D eigenvalue weighted by atomic mass is 10.2. The number of hydrogen-bond acceptors (Lipinski definition) is 4. The van der Waals surface area contributed by atoms with Gasteiger partial charge in [-0.1, -0.05) is 25.6 Å². The fourth-order valence-electron chi connectivity index (χ4n) is 2.00. The summed E-state index contributed by atoms with van der Waals surface area (Å²) < 4.78 is 0. The van der Waals surface area contributed by atoms with Crippen molar-refractivity contribution in [1.29, 1.82) is 0 Å². The van der Waals surface area contributed by atoms with E-state index >= 15 is 0 Å². The van der Waals surface area contributed by atoms with E-state index in [1.165, 1.54) is 32.5 Å². The van der Waals surface area contributed by atoms with Crippen LogP contribution in [0.4, 0.5) is 0 Å². The molecule has 0 aromatic carbocycles. The first-order valence-corrected chi connectivity index (χ1v) is 7.83. The summed E-state index contributed by atoms with van der Waals surface area (Å²) in [5.74, 6) is 1.13. The second-order valence-electron chi connectivity index (χ2n) is 4.81. The standard InChI is InChI=1S/C13H27N3S/c1-5-16(6-2)9-7-8-11(3)14-13-15-12(4)10-17-13/h11-12H,5-10H2,1-4H3,(H,14,15). The summed E-state index contributed by atoms with van der Waals surface area (Å²) in [7, 11) is 0. The monoisotopic (exact) mass is 257 g/mol. The lowest BCUT2D eigenvalue weighted by molar-refractivity contribution is 0.293. The fraction of sp³-hybridized carbons (Fsp3) is 0.923. The van der Waals surface area contributed by atoms with Crippen molar-refractivity contribution in [3.63, 3.8) is 0 Å². The Morgan fingerprint density at radius 2 is 2.18 bits per heavy atom. The Hall–Kier alpha value is -0.220. The number of nitrogens with zero attached hydrogens (tertiary/aromatic N) is 2. The van der Waals surface area contributed by atoms with E-state index < -0.39 is 0 Å². The van der Waals surface area contributed by atoms with E-state index in [0.717, 1.165) is 10.9 Å². The molecule has 4 heteroatoms. The van der Waals surface area contributed by atoms with Gasteiger partial charge in [-0.2, -0.15) is 0 Å². The molecule has 0 bridgehead atoms. The summed E-state index contributed by atoms with van der Waals surface area (Å²) in [5.41, 5.74) is 0. The van der Waals surface area contributed by atoms with Crippen LogP contribution in [0.5, 0.6) is 0 Å². The van der Waals surface area contributed by atoms with Crippen LogP contribution in [0.3, 0.4) is 0 Å². The molecule has 1 N–H and O–H groups in total. The van der Waals surface area contributed by atoms with E-state index in [1.54, 1.807) is 0 Å². The lowest BCUT2D eigenvalue weighted by Gasteiger charge is -2.20.